The molecule has 19 heavy (non-hydrogen) atoms. The van der Waals surface area contributed by atoms with Crippen molar-refractivity contribution in [2.75, 3.05) is 6.54 Å². The third-order valence-electron chi connectivity index (χ3n) is 3.90. The largest absolute Gasteiger partial charge is 0.480 e. The van der Waals surface area contributed by atoms with Crippen molar-refractivity contribution in [1.82, 2.24) is 9.88 Å². The molecule has 0 aliphatic carbocycles. The Balaban J connectivity index is 2.23. The van der Waals surface area contributed by atoms with E-state index in [0.717, 1.165) is 31.4 Å². The molecule has 104 valence electrons. The standard InChI is InChI=1S/C14H19ClN2O2/c1-2-5-14(13(18)19)6-3-8-17(14)10-11-4-7-16-9-12(11)15/h4,7,9H,2-3,5-6,8,10H2,1H3,(H,18,19). The third kappa shape index (κ3) is 2.74. The second kappa shape index (κ2) is 5.88. The van der Waals surface area contributed by atoms with Crippen LogP contribution in [0.3, 0.4) is 0 Å². The molecule has 2 rings (SSSR count). The number of halogens is 1. The van der Waals surface area contributed by atoms with Crippen LogP contribution in [0.4, 0.5) is 0 Å². The molecule has 0 bridgehead atoms. The zero-order valence-electron chi connectivity index (χ0n) is 11.1. The van der Waals surface area contributed by atoms with Crippen molar-refractivity contribution in [2.24, 2.45) is 0 Å². The van der Waals surface area contributed by atoms with Crippen molar-refractivity contribution < 1.29 is 9.90 Å². The molecule has 1 atom stereocenters. The van der Waals surface area contributed by atoms with E-state index in [1.807, 2.05) is 13.0 Å². The Bertz CT molecular complexity index is 467. The fourth-order valence-electron chi connectivity index (χ4n) is 2.95. The molecule has 0 saturated carbocycles. The molecule has 2 heterocycles. The number of hydrogen-bond donors (Lipinski definition) is 1. The van der Waals surface area contributed by atoms with Crippen LogP contribution in [0.15, 0.2) is 18.5 Å². The lowest BCUT2D eigenvalue weighted by Crippen LogP contribution is -2.50. The highest BCUT2D eigenvalue weighted by Gasteiger charge is 2.46. The van der Waals surface area contributed by atoms with Gasteiger partial charge in [-0.2, -0.15) is 0 Å². The van der Waals surface area contributed by atoms with Gasteiger partial charge in [0.25, 0.3) is 0 Å². The lowest BCUT2D eigenvalue weighted by Gasteiger charge is -2.34. The van der Waals surface area contributed by atoms with Gasteiger partial charge in [-0.3, -0.25) is 14.7 Å². The van der Waals surface area contributed by atoms with Crippen LogP contribution >= 0.6 is 11.6 Å². The van der Waals surface area contributed by atoms with Crippen molar-refractivity contribution in [3.63, 3.8) is 0 Å². The first-order valence-electron chi connectivity index (χ1n) is 6.67. The molecule has 1 fully saturated rings. The Kier molecular flexibility index (Phi) is 4.42. The van der Waals surface area contributed by atoms with E-state index in [9.17, 15) is 9.90 Å². The lowest BCUT2D eigenvalue weighted by atomic mass is 9.90. The number of rotatable bonds is 5. The topological polar surface area (TPSA) is 53.4 Å². The van der Waals surface area contributed by atoms with E-state index in [4.69, 9.17) is 11.6 Å². The normalized spacial score (nSPS) is 23.7. The first kappa shape index (κ1) is 14.3. The zero-order chi connectivity index (χ0) is 13.9. The summed E-state index contributed by atoms with van der Waals surface area (Å²) in [7, 11) is 0. The average Bonchev–Trinajstić information content (AvgIpc) is 2.77. The lowest BCUT2D eigenvalue weighted by molar-refractivity contribution is -0.150. The first-order chi connectivity index (χ1) is 9.10. The smallest absolute Gasteiger partial charge is 0.324 e. The zero-order valence-corrected chi connectivity index (χ0v) is 11.9. The molecule has 0 amide bonds. The van der Waals surface area contributed by atoms with E-state index in [1.165, 1.54) is 0 Å². The number of nitrogens with zero attached hydrogens (tertiary/aromatic N) is 2. The SMILES string of the molecule is CCCC1(C(=O)O)CCCN1Cc1ccncc1Cl. The number of hydrogen-bond acceptors (Lipinski definition) is 3. The van der Waals surface area contributed by atoms with Gasteiger partial charge in [0.1, 0.15) is 5.54 Å². The summed E-state index contributed by atoms with van der Waals surface area (Å²) in [6.07, 6.45) is 6.50. The van der Waals surface area contributed by atoms with Crippen molar-refractivity contribution in [3.8, 4) is 0 Å². The highest BCUT2D eigenvalue weighted by atomic mass is 35.5. The Hall–Kier alpha value is -1.13. The number of likely N-dealkylation sites (tertiary alicyclic amines) is 1. The van der Waals surface area contributed by atoms with Crippen LogP contribution in [0, 0.1) is 0 Å². The van der Waals surface area contributed by atoms with E-state index >= 15 is 0 Å². The summed E-state index contributed by atoms with van der Waals surface area (Å²) < 4.78 is 0. The van der Waals surface area contributed by atoms with Gasteiger partial charge >= 0.3 is 5.97 Å². The van der Waals surface area contributed by atoms with Gasteiger partial charge in [0.2, 0.25) is 0 Å². The summed E-state index contributed by atoms with van der Waals surface area (Å²) in [6, 6.07) is 1.86. The number of aliphatic carboxylic acids is 1. The molecule has 1 aromatic rings. The minimum Gasteiger partial charge on any atom is -0.480 e. The maximum absolute atomic E-state index is 11.7. The second-order valence-electron chi connectivity index (χ2n) is 5.08. The van der Waals surface area contributed by atoms with E-state index in [-0.39, 0.29) is 0 Å². The third-order valence-corrected chi connectivity index (χ3v) is 4.24. The molecule has 1 saturated heterocycles. The van der Waals surface area contributed by atoms with Crippen LogP contribution < -0.4 is 0 Å². The number of aromatic nitrogens is 1. The van der Waals surface area contributed by atoms with Gasteiger partial charge in [-0.25, -0.2) is 0 Å². The molecule has 0 aromatic carbocycles. The highest BCUT2D eigenvalue weighted by molar-refractivity contribution is 6.31. The summed E-state index contributed by atoms with van der Waals surface area (Å²) in [5.74, 6) is -0.711. The fourth-order valence-corrected chi connectivity index (χ4v) is 3.13. The maximum atomic E-state index is 11.7. The number of carboxylic acid groups (broad SMARTS) is 1. The Morgan fingerprint density at radius 3 is 3.05 bits per heavy atom. The molecule has 4 nitrogen and oxygen atoms in total. The van der Waals surface area contributed by atoms with E-state index in [2.05, 4.69) is 9.88 Å². The molecule has 1 aliphatic heterocycles. The minimum atomic E-state index is -0.721. The Morgan fingerprint density at radius 2 is 2.42 bits per heavy atom. The van der Waals surface area contributed by atoms with E-state index in [0.29, 0.717) is 18.0 Å². The van der Waals surface area contributed by atoms with Gasteiger partial charge in [0.15, 0.2) is 0 Å². The second-order valence-corrected chi connectivity index (χ2v) is 5.49. The van der Waals surface area contributed by atoms with Gasteiger partial charge in [-0.1, -0.05) is 24.9 Å². The van der Waals surface area contributed by atoms with Crippen molar-refractivity contribution >= 4 is 17.6 Å². The van der Waals surface area contributed by atoms with Crippen molar-refractivity contribution in [1.29, 1.82) is 0 Å². The van der Waals surface area contributed by atoms with Crippen molar-refractivity contribution in [2.45, 2.75) is 44.7 Å². The molecule has 0 spiro atoms. The van der Waals surface area contributed by atoms with E-state index in [1.54, 1.807) is 12.4 Å². The van der Waals surface area contributed by atoms with Gasteiger partial charge in [-0.15, -0.1) is 0 Å². The summed E-state index contributed by atoms with van der Waals surface area (Å²) in [6.45, 7) is 3.42. The summed E-state index contributed by atoms with van der Waals surface area (Å²) in [4.78, 5) is 17.7. The molecule has 1 unspecified atom stereocenters. The highest BCUT2D eigenvalue weighted by Crippen LogP contribution is 2.35. The predicted molar refractivity (Wildman–Crippen MR) is 74.2 cm³/mol. The van der Waals surface area contributed by atoms with Gasteiger partial charge in [0, 0.05) is 18.9 Å². The average molecular weight is 283 g/mol. The Labute approximate surface area is 118 Å². The van der Waals surface area contributed by atoms with Gasteiger partial charge in [-0.05, 0) is 37.4 Å². The molecule has 1 aliphatic rings. The van der Waals surface area contributed by atoms with Gasteiger partial charge in [0.05, 0.1) is 5.02 Å². The fraction of sp³-hybridized carbons (Fsp3) is 0.571. The number of pyridine rings is 1. The number of carbonyl (C=O) groups is 1. The van der Waals surface area contributed by atoms with Crippen LogP contribution in [0.5, 0.6) is 0 Å². The molecular formula is C14H19ClN2O2. The Morgan fingerprint density at radius 1 is 1.63 bits per heavy atom. The first-order valence-corrected chi connectivity index (χ1v) is 7.05. The van der Waals surface area contributed by atoms with E-state index < -0.39 is 11.5 Å². The monoisotopic (exact) mass is 282 g/mol. The molecule has 0 radical (unpaired) electrons. The molecule has 5 heteroatoms. The summed E-state index contributed by atoms with van der Waals surface area (Å²) in [5, 5.41) is 10.2. The summed E-state index contributed by atoms with van der Waals surface area (Å²) in [5.41, 5.74) is 0.224. The van der Waals surface area contributed by atoms with Gasteiger partial charge < -0.3 is 5.11 Å². The molecular weight excluding hydrogens is 264 g/mol. The minimum absolute atomic E-state index is 0.577. The number of carboxylic acids is 1. The van der Waals surface area contributed by atoms with Crippen LogP contribution in [-0.2, 0) is 11.3 Å². The molecule has 1 N–H and O–H groups in total. The predicted octanol–water partition coefficient (Wildman–Crippen LogP) is 2.95. The summed E-state index contributed by atoms with van der Waals surface area (Å²) >= 11 is 6.12. The van der Waals surface area contributed by atoms with Crippen LogP contribution in [-0.4, -0.2) is 33.0 Å². The van der Waals surface area contributed by atoms with Crippen LogP contribution in [0.1, 0.15) is 38.2 Å². The van der Waals surface area contributed by atoms with Crippen molar-refractivity contribution in [3.05, 3.63) is 29.0 Å². The quantitative estimate of drug-likeness (QED) is 0.902. The molecule has 1 aromatic heterocycles. The maximum Gasteiger partial charge on any atom is 0.324 e. The van der Waals surface area contributed by atoms with Crippen LogP contribution in [0.25, 0.3) is 0 Å². The van der Waals surface area contributed by atoms with Crippen LogP contribution in [0.2, 0.25) is 5.02 Å².